The highest BCUT2D eigenvalue weighted by molar-refractivity contribution is 7.84. The number of hydrogen-bond acceptors (Lipinski definition) is 4. The Labute approximate surface area is 80.1 Å². The first kappa shape index (κ1) is 12.5. The smallest absolute Gasteiger partial charge is 0.321 e. The number of carboxylic acid groups (broad SMARTS) is 1. The number of carbonyl (C=O) groups is 1. The van der Waals surface area contributed by atoms with Gasteiger partial charge in [0.25, 0.3) is 0 Å². The number of hydrogen-bond donors (Lipinski definition) is 3. The van der Waals surface area contributed by atoms with Crippen molar-refractivity contribution in [2.24, 2.45) is 5.73 Å². The normalized spacial score (nSPS) is 17.8. The van der Waals surface area contributed by atoms with Gasteiger partial charge in [-0.2, -0.15) is 0 Å². The maximum atomic E-state index is 10.9. The van der Waals surface area contributed by atoms with Crippen LogP contribution in [-0.2, 0) is 15.6 Å². The Balaban J connectivity index is 3.56. The molecule has 3 unspecified atom stereocenters. The van der Waals surface area contributed by atoms with Crippen LogP contribution in [0.5, 0.6) is 0 Å². The highest BCUT2D eigenvalue weighted by atomic mass is 32.2. The standard InChI is InChI=1S/C7H16N2O3S/c1-5(13(2)12)3-9-4-6(8)7(10)11/h5-6,9H,3-4,8H2,1-2H3,(H,10,11). The van der Waals surface area contributed by atoms with E-state index >= 15 is 0 Å². The van der Waals surface area contributed by atoms with Crippen LogP contribution >= 0.6 is 0 Å². The van der Waals surface area contributed by atoms with Gasteiger partial charge in [-0.3, -0.25) is 9.00 Å². The van der Waals surface area contributed by atoms with E-state index < -0.39 is 22.8 Å². The Bertz CT molecular complexity index is 178. The van der Waals surface area contributed by atoms with Gasteiger partial charge in [-0.1, -0.05) is 0 Å². The van der Waals surface area contributed by atoms with Crippen LogP contribution in [0.2, 0.25) is 0 Å². The van der Waals surface area contributed by atoms with Gasteiger partial charge in [0.15, 0.2) is 0 Å². The number of carboxylic acids is 1. The third kappa shape index (κ3) is 5.73. The van der Waals surface area contributed by atoms with E-state index in [-0.39, 0.29) is 11.8 Å². The molecule has 78 valence electrons. The van der Waals surface area contributed by atoms with Gasteiger partial charge in [-0.25, -0.2) is 0 Å². The number of nitrogens with one attached hydrogen (secondary N) is 1. The second-order valence-electron chi connectivity index (χ2n) is 2.91. The summed E-state index contributed by atoms with van der Waals surface area (Å²) in [5.74, 6) is -1.03. The average molecular weight is 208 g/mol. The Morgan fingerprint density at radius 1 is 1.62 bits per heavy atom. The van der Waals surface area contributed by atoms with E-state index in [1.165, 1.54) is 0 Å². The highest BCUT2D eigenvalue weighted by Crippen LogP contribution is 1.89. The minimum absolute atomic E-state index is 0.0148. The maximum absolute atomic E-state index is 10.9. The summed E-state index contributed by atoms with van der Waals surface area (Å²) in [6, 6.07) is -0.891. The van der Waals surface area contributed by atoms with E-state index in [4.69, 9.17) is 10.8 Å². The van der Waals surface area contributed by atoms with Crippen molar-refractivity contribution in [1.29, 1.82) is 0 Å². The van der Waals surface area contributed by atoms with E-state index in [9.17, 15) is 9.00 Å². The Morgan fingerprint density at radius 3 is 2.54 bits per heavy atom. The van der Waals surface area contributed by atoms with E-state index in [0.29, 0.717) is 6.54 Å². The molecule has 0 spiro atoms. The number of rotatable bonds is 6. The fourth-order valence-corrected chi connectivity index (χ4v) is 0.999. The number of nitrogens with two attached hydrogens (primary N) is 1. The predicted molar refractivity (Wildman–Crippen MR) is 52.0 cm³/mol. The van der Waals surface area contributed by atoms with E-state index in [1.807, 2.05) is 6.92 Å². The molecule has 4 N–H and O–H groups in total. The van der Waals surface area contributed by atoms with Crippen molar-refractivity contribution in [3.63, 3.8) is 0 Å². The molecule has 0 aliphatic rings. The molecule has 0 aromatic rings. The summed E-state index contributed by atoms with van der Waals surface area (Å²) in [6.45, 7) is 2.55. The molecule has 0 aromatic carbocycles. The molecule has 0 saturated carbocycles. The van der Waals surface area contributed by atoms with Crippen molar-refractivity contribution < 1.29 is 14.1 Å². The Kier molecular flexibility index (Phi) is 5.85. The van der Waals surface area contributed by atoms with Gasteiger partial charge >= 0.3 is 5.97 Å². The molecule has 0 rings (SSSR count). The lowest BCUT2D eigenvalue weighted by molar-refractivity contribution is -0.138. The molecule has 5 nitrogen and oxygen atoms in total. The molecule has 0 radical (unpaired) electrons. The molecule has 0 heterocycles. The maximum Gasteiger partial charge on any atom is 0.321 e. The minimum Gasteiger partial charge on any atom is -0.480 e. The average Bonchev–Trinajstić information content (AvgIpc) is 2.03. The topological polar surface area (TPSA) is 92.4 Å². The lowest BCUT2D eigenvalue weighted by Gasteiger charge is -2.11. The van der Waals surface area contributed by atoms with Crippen LogP contribution in [-0.4, -0.2) is 45.9 Å². The van der Waals surface area contributed by atoms with Gasteiger partial charge in [-0.15, -0.1) is 0 Å². The zero-order valence-electron chi connectivity index (χ0n) is 7.82. The first-order valence-electron chi connectivity index (χ1n) is 3.96. The summed E-state index contributed by atoms with van der Waals surface area (Å²) in [5.41, 5.74) is 5.24. The van der Waals surface area contributed by atoms with Crippen molar-refractivity contribution in [1.82, 2.24) is 5.32 Å². The van der Waals surface area contributed by atoms with Crippen LogP contribution in [0.15, 0.2) is 0 Å². The molecule has 6 heteroatoms. The molecule has 0 saturated heterocycles. The van der Waals surface area contributed by atoms with Gasteiger partial charge in [-0.05, 0) is 6.92 Å². The van der Waals surface area contributed by atoms with Crippen molar-refractivity contribution in [3.8, 4) is 0 Å². The SMILES string of the molecule is CC(CNCC(N)C(=O)O)S(C)=O. The second-order valence-corrected chi connectivity index (χ2v) is 4.71. The molecule has 0 amide bonds. The summed E-state index contributed by atoms with van der Waals surface area (Å²) >= 11 is 0. The van der Waals surface area contributed by atoms with Crippen molar-refractivity contribution in [3.05, 3.63) is 0 Å². The van der Waals surface area contributed by atoms with Crippen LogP contribution < -0.4 is 11.1 Å². The van der Waals surface area contributed by atoms with Gasteiger partial charge < -0.3 is 16.2 Å². The molecule has 3 atom stereocenters. The fourth-order valence-electron chi connectivity index (χ4n) is 0.647. The Morgan fingerprint density at radius 2 is 2.15 bits per heavy atom. The molecule has 0 aromatic heterocycles. The van der Waals surface area contributed by atoms with E-state index in [1.54, 1.807) is 6.26 Å². The van der Waals surface area contributed by atoms with E-state index in [2.05, 4.69) is 5.32 Å². The summed E-state index contributed by atoms with van der Waals surface area (Å²) in [7, 11) is -0.886. The van der Waals surface area contributed by atoms with Crippen molar-refractivity contribution >= 4 is 16.8 Å². The molecule has 0 aliphatic carbocycles. The Hall–Kier alpha value is -0.460. The zero-order chi connectivity index (χ0) is 10.4. The molecule has 0 fully saturated rings. The molecule has 0 bridgehead atoms. The molecule has 13 heavy (non-hydrogen) atoms. The van der Waals surface area contributed by atoms with E-state index in [0.717, 1.165) is 0 Å². The first-order chi connectivity index (χ1) is 5.95. The second kappa shape index (κ2) is 6.06. The van der Waals surface area contributed by atoms with Crippen LogP contribution in [0, 0.1) is 0 Å². The predicted octanol–water partition coefficient (Wildman–Crippen LogP) is -1.25. The third-order valence-electron chi connectivity index (χ3n) is 1.68. The minimum atomic E-state index is -1.03. The molecule has 0 aliphatic heterocycles. The van der Waals surface area contributed by atoms with Gasteiger partial charge in [0.1, 0.15) is 6.04 Å². The summed E-state index contributed by atoms with van der Waals surface area (Å²) in [5, 5.41) is 11.3. The van der Waals surface area contributed by atoms with Crippen molar-refractivity contribution in [2.45, 2.75) is 18.2 Å². The molecular formula is C7H16N2O3S. The van der Waals surface area contributed by atoms with Crippen LogP contribution in [0.4, 0.5) is 0 Å². The summed E-state index contributed by atoms with van der Waals surface area (Å²) in [4.78, 5) is 10.3. The van der Waals surface area contributed by atoms with Crippen LogP contribution in [0.1, 0.15) is 6.92 Å². The largest absolute Gasteiger partial charge is 0.480 e. The fraction of sp³-hybridized carbons (Fsp3) is 0.857. The first-order valence-corrected chi connectivity index (χ1v) is 5.58. The summed E-state index contributed by atoms with van der Waals surface area (Å²) in [6.07, 6.45) is 1.61. The monoisotopic (exact) mass is 208 g/mol. The number of aliphatic carboxylic acids is 1. The lowest BCUT2D eigenvalue weighted by Crippen LogP contribution is -2.42. The van der Waals surface area contributed by atoms with Gasteiger partial charge in [0, 0.05) is 35.4 Å². The van der Waals surface area contributed by atoms with Crippen LogP contribution in [0.3, 0.4) is 0 Å². The van der Waals surface area contributed by atoms with Crippen molar-refractivity contribution in [2.75, 3.05) is 19.3 Å². The third-order valence-corrected chi connectivity index (χ3v) is 2.98. The van der Waals surface area contributed by atoms with Gasteiger partial charge in [0.05, 0.1) is 0 Å². The van der Waals surface area contributed by atoms with Crippen LogP contribution in [0.25, 0.3) is 0 Å². The zero-order valence-corrected chi connectivity index (χ0v) is 8.63. The van der Waals surface area contributed by atoms with Gasteiger partial charge in [0.2, 0.25) is 0 Å². The molecular weight excluding hydrogens is 192 g/mol. The quantitative estimate of drug-likeness (QED) is 0.507. The lowest BCUT2D eigenvalue weighted by atomic mass is 10.3. The highest BCUT2D eigenvalue weighted by Gasteiger charge is 2.11. The summed E-state index contributed by atoms with van der Waals surface area (Å²) < 4.78 is 10.9.